The molecule has 8 nitrogen and oxygen atoms in total. The molecule has 0 bridgehead atoms. The Morgan fingerprint density at radius 3 is 2.69 bits per heavy atom. The van der Waals surface area contributed by atoms with Gasteiger partial charge in [0.05, 0.1) is 10.9 Å². The number of benzene rings is 2. The summed E-state index contributed by atoms with van der Waals surface area (Å²) < 4.78 is 13.1. The number of fused-ring (bicyclic) bond motifs is 2. The fraction of sp³-hybridized carbons (Fsp3) is 0.286. The van der Waals surface area contributed by atoms with Crippen molar-refractivity contribution in [2.45, 2.75) is 26.4 Å². The summed E-state index contributed by atoms with van der Waals surface area (Å²) in [6.07, 6.45) is 0.618. The van der Waals surface area contributed by atoms with E-state index in [1.165, 1.54) is 4.57 Å². The van der Waals surface area contributed by atoms with E-state index >= 15 is 0 Å². The van der Waals surface area contributed by atoms with Gasteiger partial charge in [-0.1, -0.05) is 18.2 Å². The first kappa shape index (κ1) is 18.8. The van der Waals surface area contributed by atoms with Gasteiger partial charge in [-0.05, 0) is 43.2 Å². The minimum absolute atomic E-state index is 0.152. The number of amides is 1. The Morgan fingerprint density at radius 1 is 1.07 bits per heavy atom. The van der Waals surface area contributed by atoms with Crippen molar-refractivity contribution in [1.82, 2.24) is 14.5 Å². The lowest BCUT2D eigenvalue weighted by molar-refractivity contribution is -0.121. The molecule has 0 fully saturated rings. The van der Waals surface area contributed by atoms with Gasteiger partial charge in [-0.3, -0.25) is 18.7 Å². The minimum atomic E-state index is -0.484. The molecule has 1 aliphatic heterocycles. The second-order valence-corrected chi connectivity index (χ2v) is 6.72. The van der Waals surface area contributed by atoms with Gasteiger partial charge < -0.3 is 14.8 Å². The second-order valence-electron chi connectivity index (χ2n) is 6.72. The monoisotopic (exact) mass is 395 g/mol. The normalized spacial score (nSPS) is 12.3. The molecule has 2 aromatic carbocycles. The van der Waals surface area contributed by atoms with Crippen LogP contribution >= 0.6 is 0 Å². The highest BCUT2D eigenvalue weighted by molar-refractivity contribution is 5.81. The predicted molar refractivity (Wildman–Crippen MR) is 107 cm³/mol. The molecule has 29 heavy (non-hydrogen) atoms. The van der Waals surface area contributed by atoms with Crippen LogP contribution in [0.5, 0.6) is 11.5 Å². The molecule has 0 aliphatic carbocycles. The molecule has 0 unspecified atom stereocenters. The van der Waals surface area contributed by atoms with E-state index < -0.39 is 5.69 Å². The van der Waals surface area contributed by atoms with Gasteiger partial charge in [0.25, 0.3) is 5.56 Å². The molecular weight excluding hydrogens is 374 g/mol. The van der Waals surface area contributed by atoms with Crippen LogP contribution in [0.4, 0.5) is 0 Å². The first-order valence-electron chi connectivity index (χ1n) is 9.46. The summed E-state index contributed by atoms with van der Waals surface area (Å²) in [7, 11) is 0. The molecule has 1 N–H and O–H groups in total. The summed E-state index contributed by atoms with van der Waals surface area (Å²) in [5, 5.41) is 3.25. The number of ether oxygens (including phenoxy) is 2. The number of rotatable bonds is 6. The van der Waals surface area contributed by atoms with Gasteiger partial charge >= 0.3 is 5.69 Å². The van der Waals surface area contributed by atoms with Crippen molar-refractivity contribution in [1.29, 1.82) is 0 Å². The summed E-state index contributed by atoms with van der Waals surface area (Å²) in [4.78, 5) is 37.6. The van der Waals surface area contributed by atoms with E-state index in [1.807, 2.05) is 18.2 Å². The molecule has 3 aromatic rings. The molecular formula is C21H21N3O5. The van der Waals surface area contributed by atoms with Gasteiger partial charge in [-0.25, -0.2) is 4.79 Å². The largest absolute Gasteiger partial charge is 0.454 e. The van der Waals surface area contributed by atoms with Crippen LogP contribution in [0, 0.1) is 0 Å². The van der Waals surface area contributed by atoms with Gasteiger partial charge in [-0.15, -0.1) is 0 Å². The van der Waals surface area contributed by atoms with Crippen LogP contribution in [0.25, 0.3) is 10.9 Å². The lowest BCUT2D eigenvalue weighted by Crippen LogP contribution is -2.42. The van der Waals surface area contributed by atoms with Gasteiger partial charge in [0.15, 0.2) is 11.5 Å². The summed E-state index contributed by atoms with van der Waals surface area (Å²) in [5.74, 6) is 1.13. The highest BCUT2D eigenvalue weighted by atomic mass is 16.7. The van der Waals surface area contributed by atoms with E-state index in [9.17, 15) is 14.4 Å². The molecule has 0 saturated heterocycles. The Bertz CT molecular complexity index is 1200. The number of nitrogens with zero attached hydrogens (tertiary/aromatic N) is 2. The van der Waals surface area contributed by atoms with E-state index in [0.29, 0.717) is 29.6 Å². The summed E-state index contributed by atoms with van der Waals surface area (Å²) in [6.45, 7) is 2.46. The average Bonchev–Trinajstić information content (AvgIpc) is 3.19. The summed E-state index contributed by atoms with van der Waals surface area (Å²) >= 11 is 0. The number of nitrogens with one attached hydrogen (secondary N) is 1. The lowest BCUT2D eigenvalue weighted by Gasteiger charge is -2.13. The maximum atomic E-state index is 12.7. The summed E-state index contributed by atoms with van der Waals surface area (Å²) in [6, 6.07) is 12.5. The number of aromatic nitrogens is 2. The second kappa shape index (κ2) is 7.83. The number of hydrogen-bond acceptors (Lipinski definition) is 5. The van der Waals surface area contributed by atoms with Crippen LogP contribution in [0.3, 0.4) is 0 Å². The zero-order chi connectivity index (χ0) is 20.4. The van der Waals surface area contributed by atoms with Gasteiger partial charge in [0, 0.05) is 13.1 Å². The van der Waals surface area contributed by atoms with Gasteiger partial charge in [-0.2, -0.15) is 0 Å². The minimum Gasteiger partial charge on any atom is -0.454 e. The van der Waals surface area contributed by atoms with Crippen LogP contribution < -0.4 is 26.0 Å². The van der Waals surface area contributed by atoms with Crippen LogP contribution in [0.2, 0.25) is 0 Å². The topological polar surface area (TPSA) is 91.6 Å². The molecule has 0 radical (unpaired) electrons. The van der Waals surface area contributed by atoms with Gasteiger partial charge in [0.2, 0.25) is 12.7 Å². The molecule has 0 spiro atoms. The van der Waals surface area contributed by atoms with Crippen molar-refractivity contribution in [3.05, 3.63) is 68.9 Å². The Labute approximate surface area is 166 Å². The van der Waals surface area contributed by atoms with Crippen molar-refractivity contribution in [2.75, 3.05) is 13.3 Å². The highest BCUT2D eigenvalue weighted by Gasteiger charge is 2.15. The average molecular weight is 395 g/mol. The van der Waals surface area contributed by atoms with Crippen molar-refractivity contribution < 1.29 is 14.3 Å². The third-order valence-corrected chi connectivity index (χ3v) is 4.92. The Hall–Kier alpha value is -3.55. The van der Waals surface area contributed by atoms with E-state index in [4.69, 9.17) is 9.47 Å². The van der Waals surface area contributed by atoms with E-state index in [-0.39, 0.29) is 31.3 Å². The van der Waals surface area contributed by atoms with Crippen molar-refractivity contribution in [3.8, 4) is 11.5 Å². The maximum absolute atomic E-state index is 12.7. The zero-order valence-electron chi connectivity index (χ0n) is 16.0. The molecule has 1 aromatic heterocycles. The van der Waals surface area contributed by atoms with Crippen LogP contribution in [0.1, 0.15) is 12.5 Å². The van der Waals surface area contributed by atoms with Crippen LogP contribution in [-0.4, -0.2) is 28.4 Å². The maximum Gasteiger partial charge on any atom is 0.331 e. The fourth-order valence-electron chi connectivity index (χ4n) is 3.44. The van der Waals surface area contributed by atoms with Crippen LogP contribution in [-0.2, 0) is 24.3 Å². The number of hydrogen-bond donors (Lipinski definition) is 1. The fourth-order valence-corrected chi connectivity index (χ4v) is 3.44. The predicted octanol–water partition coefficient (Wildman–Crippen LogP) is 1.27. The highest BCUT2D eigenvalue weighted by Crippen LogP contribution is 2.32. The standard InChI is InChI=1S/C21H21N3O5/c1-2-23-20(26)15-5-3-4-6-16(15)24(21(23)27)12-19(25)22-10-9-14-7-8-17-18(11-14)29-13-28-17/h3-8,11H,2,9-10,12-13H2,1H3,(H,22,25). The Kier molecular flexibility index (Phi) is 5.07. The molecule has 2 heterocycles. The smallest absolute Gasteiger partial charge is 0.331 e. The Morgan fingerprint density at radius 2 is 1.86 bits per heavy atom. The molecule has 1 amide bonds. The number of carbonyl (C=O) groups excluding carboxylic acids is 1. The summed E-state index contributed by atoms with van der Waals surface area (Å²) in [5.41, 5.74) is 0.643. The van der Waals surface area contributed by atoms with Crippen molar-refractivity contribution in [3.63, 3.8) is 0 Å². The molecule has 0 atom stereocenters. The van der Waals surface area contributed by atoms with E-state index in [2.05, 4.69) is 5.32 Å². The lowest BCUT2D eigenvalue weighted by atomic mass is 10.1. The van der Waals surface area contributed by atoms with Crippen molar-refractivity contribution in [2.24, 2.45) is 0 Å². The van der Waals surface area contributed by atoms with E-state index in [1.54, 1.807) is 31.2 Å². The first-order valence-corrected chi connectivity index (χ1v) is 9.46. The van der Waals surface area contributed by atoms with E-state index in [0.717, 1.165) is 15.9 Å². The van der Waals surface area contributed by atoms with Gasteiger partial charge in [0.1, 0.15) is 6.54 Å². The SMILES string of the molecule is CCn1c(=O)c2ccccc2n(CC(=O)NCCc2ccc3c(c2)OCO3)c1=O. The third-order valence-electron chi connectivity index (χ3n) is 4.92. The third kappa shape index (κ3) is 3.61. The Balaban J connectivity index is 1.48. The molecule has 0 saturated carbocycles. The molecule has 8 heteroatoms. The quantitative estimate of drug-likeness (QED) is 0.679. The molecule has 150 valence electrons. The first-order chi connectivity index (χ1) is 14.1. The molecule has 1 aliphatic rings. The zero-order valence-corrected chi connectivity index (χ0v) is 16.0. The molecule has 4 rings (SSSR count). The number of carbonyl (C=O) groups is 1. The van der Waals surface area contributed by atoms with Crippen LogP contribution in [0.15, 0.2) is 52.1 Å². The number of para-hydroxylation sites is 1. The van der Waals surface area contributed by atoms with Crippen molar-refractivity contribution >= 4 is 16.8 Å².